The van der Waals surface area contributed by atoms with Crippen LogP contribution in [0.25, 0.3) is 20.5 Å². The fourth-order valence-electron chi connectivity index (χ4n) is 2.87. The Labute approximate surface area is 142 Å². The molecule has 23 heavy (non-hydrogen) atoms. The monoisotopic (exact) mass is 324 g/mol. The summed E-state index contributed by atoms with van der Waals surface area (Å²) in [4.78, 5) is 1.32. The second-order valence-corrected chi connectivity index (χ2v) is 7.11. The molecule has 2 heteroatoms. The molecule has 0 radical (unpaired) electrons. The Hall–Kier alpha value is -1.80. The maximum Gasteiger partial charge on any atom is 0.120 e. The van der Waals surface area contributed by atoms with Gasteiger partial charge in [-0.1, -0.05) is 50.5 Å². The van der Waals surface area contributed by atoms with Crippen molar-refractivity contribution in [3.63, 3.8) is 0 Å². The Morgan fingerprint density at radius 3 is 2.48 bits per heavy atom. The molecule has 0 aliphatic carbocycles. The van der Waals surface area contributed by atoms with Crippen molar-refractivity contribution in [1.82, 2.24) is 0 Å². The number of fused-ring (bicyclic) bond motifs is 1. The summed E-state index contributed by atoms with van der Waals surface area (Å²) in [5, 5.41) is 1.29. The molecule has 0 fully saturated rings. The van der Waals surface area contributed by atoms with Crippen molar-refractivity contribution in [1.29, 1.82) is 0 Å². The second-order valence-electron chi connectivity index (χ2n) is 6.02. The van der Waals surface area contributed by atoms with Gasteiger partial charge in [0.25, 0.3) is 0 Å². The molecule has 0 amide bonds. The molecule has 1 aromatic heterocycles. The minimum Gasteiger partial charge on any atom is -0.497 e. The Balaban J connectivity index is 1.73. The van der Waals surface area contributed by atoms with Crippen molar-refractivity contribution in [2.45, 2.75) is 39.0 Å². The molecule has 0 aliphatic heterocycles. The molecular weight excluding hydrogens is 300 g/mol. The van der Waals surface area contributed by atoms with E-state index in [0.717, 1.165) is 5.75 Å². The van der Waals surface area contributed by atoms with E-state index in [-0.39, 0.29) is 0 Å². The van der Waals surface area contributed by atoms with Crippen LogP contribution in [0.3, 0.4) is 0 Å². The normalized spacial score (nSPS) is 11.0. The lowest BCUT2D eigenvalue weighted by Crippen LogP contribution is -1.85. The topological polar surface area (TPSA) is 9.23 Å². The highest BCUT2D eigenvalue weighted by Crippen LogP contribution is 2.35. The van der Waals surface area contributed by atoms with Gasteiger partial charge in [0.15, 0.2) is 0 Å². The second kappa shape index (κ2) is 7.65. The highest BCUT2D eigenvalue weighted by molar-refractivity contribution is 7.22. The average Bonchev–Trinajstić information content (AvgIpc) is 3.02. The van der Waals surface area contributed by atoms with Gasteiger partial charge in [-0.3, -0.25) is 0 Å². The van der Waals surface area contributed by atoms with E-state index in [9.17, 15) is 0 Å². The Morgan fingerprint density at radius 2 is 1.74 bits per heavy atom. The van der Waals surface area contributed by atoms with Crippen LogP contribution in [0.2, 0.25) is 0 Å². The molecule has 1 heterocycles. The lowest BCUT2D eigenvalue weighted by atomic mass is 10.0. The third-order valence-corrected chi connectivity index (χ3v) is 5.43. The molecule has 0 saturated heterocycles. The number of benzene rings is 2. The molecule has 0 unspecified atom stereocenters. The predicted molar refractivity (Wildman–Crippen MR) is 102 cm³/mol. The standard InChI is InChI=1S/C21H24OS/c1-3-4-5-6-7-16-8-10-17(11-9-16)20-14-18-12-13-19(22-2)15-21(18)23-20/h8-15H,3-7H2,1-2H3. The van der Waals surface area contributed by atoms with Crippen molar-refractivity contribution >= 4 is 21.4 Å². The molecule has 0 spiro atoms. The summed E-state index contributed by atoms with van der Waals surface area (Å²) in [5.41, 5.74) is 2.76. The van der Waals surface area contributed by atoms with E-state index in [2.05, 4.69) is 49.4 Å². The zero-order valence-corrected chi connectivity index (χ0v) is 14.8. The predicted octanol–water partition coefficient (Wildman–Crippen LogP) is 6.70. The minimum absolute atomic E-state index is 0.924. The van der Waals surface area contributed by atoms with Crippen LogP contribution in [-0.2, 0) is 6.42 Å². The van der Waals surface area contributed by atoms with Gasteiger partial charge in [0, 0.05) is 9.58 Å². The summed E-state index contributed by atoms with van der Waals surface area (Å²) in [7, 11) is 1.72. The molecule has 0 saturated carbocycles. The van der Waals surface area contributed by atoms with Crippen molar-refractivity contribution in [2.24, 2.45) is 0 Å². The van der Waals surface area contributed by atoms with Gasteiger partial charge in [0.1, 0.15) is 5.75 Å². The maximum absolute atomic E-state index is 5.31. The Bertz CT molecular complexity index is 755. The zero-order chi connectivity index (χ0) is 16.1. The molecule has 2 aromatic carbocycles. The van der Waals surface area contributed by atoms with Crippen LogP contribution in [0.4, 0.5) is 0 Å². The molecule has 120 valence electrons. The van der Waals surface area contributed by atoms with Crippen LogP contribution in [0, 0.1) is 0 Å². The minimum atomic E-state index is 0.924. The van der Waals surface area contributed by atoms with Crippen LogP contribution in [0.5, 0.6) is 5.75 Å². The fourth-order valence-corrected chi connectivity index (χ4v) is 3.97. The van der Waals surface area contributed by atoms with Gasteiger partial charge in [0.05, 0.1) is 7.11 Å². The molecular formula is C21H24OS. The maximum atomic E-state index is 5.31. The number of hydrogen-bond acceptors (Lipinski definition) is 2. The number of methoxy groups -OCH3 is 1. The van der Waals surface area contributed by atoms with Gasteiger partial charge in [-0.25, -0.2) is 0 Å². The number of unbranched alkanes of at least 4 members (excludes halogenated alkanes) is 3. The van der Waals surface area contributed by atoms with E-state index in [4.69, 9.17) is 4.74 Å². The Kier molecular flexibility index (Phi) is 5.35. The van der Waals surface area contributed by atoms with Gasteiger partial charge >= 0.3 is 0 Å². The smallest absolute Gasteiger partial charge is 0.120 e. The van der Waals surface area contributed by atoms with Gasteiger partial charge in [-0.2, -0.15) is 0 Å². The lowest BCUT2D eigenvalue weighted by molar-refractivity contribution is 0.415. The summed E-state index contributed by atoms with van der Waals surface area (Å²) < 4.78 is 6.60. The van der Waals surface area contributed by atoms with Crippen LogP contribution in [0.15, 0.2) is 48.5 Å². The van der Waals surface area contributed by atoms with Crippen LogP contribution >= 0.6 is 11.3 Å². The third kappa shape index (κ3) is 3.94. The van der Waals surface area contributed by atoms with Crippen molar-refractivity contribution in [3.05, 3.63) is 54.1 Å². The SMILES string of the molecule is CCCCCCc1ccc(-c2cc3ccc(OC)cc3s2)cc1. The van der Waals surface area contributed by atoms with E-state index in [0.29, 0.717) is 0 Å². The van der Waals surface area contributed by atoms with Gasteiger partial charge < -0.3 is 4.74 Å². The highest BCUT2D eigenvalue weighted by Gasteiger charge is 2.05. The van der Waals surface area contributed by atoms with Gasteiger partial charge in [0.2, 0.25) is 0 Å². The third-order valence-electron chi connectivity index (χ3n) is 4.28. The summed E-state index contributed by atoms with van der Waals surface area (Å²) in [6.45, 7) is 2.26. The lowest BCUT2D eigenvalue weighted by Gasteiger charge is -2.03. The van der Waals surface area contributed by atoms with E-state index < -0.39 is 0 Å². The number of rotatable bonds is 7. The van der Waals surface area contributed by atoms with Crippen molar-refractivity contribution in [3.8, 4) is 16.2 Å². The molecule has 0 aliphatic rings. The molecule has 0 atom stereocenters. The first-order valence-corrected chi connectivity index (χ1v) is 9.28. The molecule has 0 bridgehead atoms. The first-order chi connectivity index (χ1) is 11.3. The quantitative estimate of drug-likeness (QED) is 0.439. The average molecular weight is 324 g/mol. The van der Waals surface area contributed by atoms with E-state index >= 15 is 0 Å². The first-order valence-electron chi connectivity index (χ1n) is 8.47. The summed E-state index contributed by atoms with van der Waals surface area (Å²) >= 11 is 1.83. The van der Waals surface area contributed by atoms with E-state index in [1.165, 1.54) is 58.2 Å². The van der Waals surface area contributed by atoms with E-state index in [1.807, 2.05) is 17.4 Å². The molecule has 1 nitrogen and oxygen atoms in total. The molecule has 0 N–H and O–H groups in total. The zero-order valence-electron chi connectivity index (χ0n) is 14.0. The van der Waals surface area contributed by atoms with Crippen LogP contribution in [-0.4, -0.2) is 7.11 Å². The van der Waals surface area contributed by atoms with Crippen LogP contribution in [0.1, 0.15) is 38.2 Å². The Morgan fingerprint density at radius 1 is 0.913 bits per heavy atom. The summed E-state index contributed by atoms with van der Waals surface area (Å²) in [5.74, 6) is 0.924. The van der Waals surface area contributed by atoms with E-state index in [1.54, 1.807) is 7.11 Å². The number of hydrogen-bond donors (Lipinski definition) is 0. The van der Waals surface area contributed by atoms with Gasteiger partial charge in [-0.05, 0) is 53.6 Å². The summed E-state index contributed by atoms with van der Waals surface area (Å²) in [6, 6.07) is 17.6. The van der Waals surface area contributed by atoms with Gasteiger partial charge in [-0.15, -0.1) is 11.3 Å². The largest absolute Gasteiger partial charge is 0.497 e. The van der Waals surface area contributed by atoms with Crippen molar-refractivity contribution in [2.75, 3.05) is 7.11 Å². The first kappa shape index (κ1) is 16.1. The number of aryl methyl sites for hydroxylation is 1. The fraction of sp³-hybridized carbons (Fsp3) is 0.333. The summed E-state index contributed by atoms with van der Waals surface area (Å²) in [6.07, 6.45) is 6.50. The molecule has 3 rings (SSSR count). The number of thiophene rings is 1. The number of ether oxygens (including phenoxy) is 1. The highest BCUT2D eigenvalue weighted by atomic mass is 32.1. The van der Waals surface area contributed by atoms with Crippen molar-refractivity contribution < 1.29 is 4.74 Å². The molecule has 3 aromatic rings. The van der Waals surface area contributed by atoms with Crippen LogP contribution < -0.4 is 4.74 Å².